The van der Waals surface area contributed by atoms with Crippen LogP contribution in [0, 0.1) is 13.8 Å². The Hall–Kier alpha value is -3.85. The van der Waals surface area contributed by atoms with E-state index in [0.717, 1.165) is 77.4 Å². The van der Waals surface area contributed by atoms with Crippen LogP contribution >= 0.6 is 0 Å². The molecule has 1 aromatic carbocycles. The zero-order chi connectivity index (χ0) is 27.7. The van der Waals surface area contributed by atoms with E-state index in [9.17, 15) is 4.79 Å². The second kappa shape index (κ2) is 11.1. The lowest BCUT2D eigenvalue weighted by atomic mass is 10.00. The molecule has 1 aliphatic heterocycles. The molecule has 206 valence electrons. The summed E-state index contributed by atoms with van der Waals surface area (Å²) in [7, 11) is 3.47. The molecule has 1 aliphatic rings. The highest BCUT2D eigenvalue weighted by molar-refractivity contribution is 6.09. The summed E-state index contributed by atoms with van der Waals surface area (Å²) >= 11 is 0. The number of ether oxygens (including phenoxy) is 1. The number of pyridine rings is 1. The second-order valence-corrected chi connectivity index (χ2v) is 10.4. The van der Waals surface area contributed by atoms with Crippen LogP contribution in [0.1, 0.15) is 53.5 Å². The third-order valence-corrected chi connectivity index (χ3v) is 7.94. The van der Waals surface area contributed by atoms with Crippen molar-refractivity contribution in [1.82, 2.24) is 30.0 Å². The van der Waals surface area contributed by atoms with Gasteiger partial charge in [0.1, 0.15) is 5.82 Å². The largest absolute Gasteiger partial charge is 0.480 e. The summed E-state index contributed by atoms with van der Waals surface area (Å²) in [5.41, 5.74) is 6.41. The first-order valence-corrected chi connectivity index (χ1v) is 13.7. The molecule has 4 heterocycles. The molecular weight excluding hydrogens is 490 g/mol. The normalized spacial score (nSPS) is 14.6. The van der Waals surface area contributed by atoms with Gasteiger partial charge in [0.25, 0.3) is 5.91 Å². The van der Waals surface area contributed by atoms with Crippen LogP contribution in [0.25, 0.3) is 22.2 Å². The number of nitrogens with zero attached hydrogens (tertiary/aromatic N) is 5. The summed E-state index contributed by atoms with van der Waals surface area (Å²) < 4.78 is 9.51. The van der Waals surface area contributed by atoms with Crippen molar-refractivity contribution in [2.24, 2.45) is 7.05 Å². The summed E-state index contributed by atoms with van der Waals surface area (Å²) in [6.07, 6.45) is 3.16. The van der Waals surface area contributed by atoms with E-state index in [1.807, 2.05) is 26.1 Å². The number of anilines is 1. The Morgan fingerprint density at radius 1 is 1.21 bits per heavy atom. The molecule has 1 atom stereocenters. The van der Waals surface area contributed by atoms with Crippen molar-refractivity contribution in [3.05, 3.63) is 58.9 Å². The van der Waals surface area contributed by atoms with Crippen LogP contribution in [0.2, 0.25) is 0 Å². The SMILES string of the molecule is CCC(C)n1cc(C)c2c(C(=O)NCc3c(OC)nn(C)c3C)cc(-c3cccc(N4CCNCC4)n3)cc21. The number of benzene rings is 1. The van der Waals surface area contributed by atoms with E-state index >= 15 is 0 Å². The lowest BCUT2D eigenvalue weighted by Gasteiger charge is -2.28. The van der Waals surface area contributed by atoms with E-state index in [0.29, 0.717) is 24.0 Å². The zero-order valence-electron chi connectivity index (χ0n) is 23.8. The highest BCUT2D eigenvalue weighted by Gasteiger charge is 2.22. The lowest BCUT2D eigenvalue weighted by molar-refractivity contribution is 0.0952. The van der Waals surface area contributed by atoms with Crippen LogP contribution in [-0.2, 0) is 13.6 Å². The van der Waals surface area contributed by atoms with Gasteiger partial charge in [-0.1, -0.05) is 13.0 Å². The maximum atomic E-state index is 13.8. The number of piperazine rings is 1. The number of methoxy groups -OCH3 is 1. The molecule has 9 heteroatoms. The monoisotopic (exact) mass is 529 g/mol. The molecule has 1 amide bonds. The van der Waals surface area contributed by atoms with E-state index in [1.54, 1.807) is 11.8 Å². The number of carbonyl (C=O) groups excluding carboxylic acids is 1. The molecule has 0 radical (unpaired) electrons. The summed E-state index contributed by atoms with van der Waals surface area (Å²) in [4.78, 5) is 21.2. The van der Waals surface area contributed by atoms with Crippen LogP contribution in [0.15, 0.2) is 36.5 Å². The summed E-state index contributed by atoms with van der Waals surface area (Å²) in [5, 5.41) is 11.9. The van der Waals surface area contributed by atoms with E-state index in [2.05, 4.69) is 70.4 Å². The average molecular weight is 530 g/mol. The molecular formula is C30H39N7O2. The van der Waals surface area contributed by atoms with Crippen molar-refractivity contribution in [3.8, 4) is 17.1 Å². The molecule has 39 heavy (non-hydrogen) atoms. The fourth-order valence-corrected chi connectivity index (χ4v) is 5.38. The van der Waals surface area contributed by atoms with Gasteiger partial charge < -0.3 is 24.8 Å². The Bertz CT molecular complexity index is 1500. The van der Waals surface area contributed by atoms with Gasteiger partial charge in [-0.05, 0) is 57.0 Å². The van der Waals surface area contributed by atoms with Crippen LogP contribution in [0.4, 0.5) is 5.82 Å². The predicted octanol–water partition coefficient (Wildman–Crippen LogP) is 4.37. The van der Waals surface area contributed by atoms with Gasteiger partial charge in [-0.15, -0.1) is 5.10 Å². The number of aryl methyl sites for hydroxylation is 2. The minimum atomic E-state index is -0.129. The summed E-state index contributed by atoms with van der Waals surface area (Å²) in [5.74, 6) is 1.37. The van der Waals surface area contributed by atoms with Gasteiger partial charge in [-0.2, -0.15) is 0 Å². The first-order chi connectivity index (χ1) is 18.8. The number of nitrogens with one attached hydrogen (secondary N) is 2. The minimum absolute atomic E-state index is 0.129. The Labute approximate surface area is 230 Å². The number of hydrogen-bond donors (Lipinski definition) is 2. The van der Waals surface area contributed by atoms with E-state index < -0.39 is 0 Å². The Morgan fingerprint density at radius 3 is 2.69 bits per heavy atom. The maximum absolute atomic E-state index is 13.8. The number of amides is 1. The minimum Gasteiger partial charge on any atom is -0.480 e. The molecule has 3 aromatic heterocycles. The van der Waals surface area contributed by atoms with Crippen molar-refractivity contribution in [3.63, 3.8) is 0 Å². The number of fused-ring (bicyclic) bond motifs is 1. The molecule has 2 N–H and O–H groups in total. The Morgan fingerprint density at radius 2 is 1.97 bits per heavy atom. The average Bonchev–Trinajstić information content (AvgIpc) is 3.45. The number of carbonyl (C=O) groups is 1. The van der Waals surface area contributed by atoms with Crippen molar-refractivity contribution in [2.45, 2.75) is 46.7 Å². The van der Waals surface area contributed by atoms with Gasteiger partial charge in [-0.3, -0.25) is 9.48 Å². The first-order valence-electron chi connectivity index (χ1n) is 13.7. The standard InChI is InChI=1S/C30H39N7O2/c1-7-20(3)37-18-19(2)28-23(29(38)32-17-24-21(4)35(5)34-30(24)39-6)15-22(16-26(28)37)25-9-8-10-27(33-25)36-13-11-31-12-14-36/h8-10,15-16,18,20,31H,7,11-14,17H2,1-6H3,(H,32,38). The highest BCUT2D eigenvalue weighted by Crippen LogP contribution is 2.34. The van der Waals surface area contributed by atoms with Gasteiger partial charge in [-0.25, -0.2) is 4.98 Å². The third kappa shape index (κ3) is 5.11. The van der Waals surface area contributed by atoms with E-state index in [4.69, 9.17) is 9.72 Å². The molecule has 5 rings (SSSR count). The van der Waals surface area contributed by atoms with Gasteiger partial charge in [0.2, 0.25) is 5.88 Å². The van der Waals surface area contributed by atoms with Crippen molar-refractivity contribution < 1.29 is 9.53 Å². The molecule has 1 saturated heterocycles. The van der Waals surface area contributed by atoms with Crippen LogP contribution in [0.5, 0.6) is 5.88 Å². The molecule has 0 spiro atoms. The summed E-state index contributed by atoms with van der Waals surface area (Å²) in [6.45, 7) is 12.5. The molecule has 9 nitrogen and oxygen atoms in total. The fraction of sp³-hybridized carbons (Fsp3) is 0.433. The second-order valence-electron chi connectivity index (χ2n) is 10.4. The van der Waals surface area contributed by atoms with Crippen LogP contribution in [0.3, 0.4) is 0 Å². The van der Waals surface area contributed by atoms with Crippen LogP contribution in [-0.4, -0.2) is 58.5 Å². The lowest BCUT2D eigenvalue weighted by Crippen LogP contribution is -2.43. The predicted molar refractivity (Wildman–Crippen MR) is 156 cm³/mol. The van der Waals surface area contributed by atoms with E-state index in [-0.39, 0.29) is 5.91 Å². The Kier molecular flexibility index (Phi) is 7.61. The number of aromatic nitrogens is 4. The number of rotatable bonds is 8. The van der Waals surface area contributed by atoms with Gasteiger partial charge in [0, 0.05) is 73.2 Å². The fourth-order valence-electron chi connectivity index (χ4n) is 5.38. The third-order valence-electron chi connectivity index (χ3n) is 7.94. The van der Waals surface area contributed by atoms with Crippen LogP contribution < -0.4 is 20.3 Å². The molecule has 1 fully saturated rings. The smallest absolute Gasteiger partial charge is 0.252 e. The van der Waals surface area contributed by atoms with Gasteiger partial charge in [0.15, 0.2) is 0 Å². The Balaban J connectivity index is 1.57. The first kappa shape index (κ1) is 26.7. The van der Waals surface area contributed by atoms with Gasteiger partial charge in [0.05, 0.1) is 24.9 Å². The summed E-state index contributed by atoms with van der Waals surface area (Å²) in [6, 6.07) is 10.6. The van der Waals surface area contributed by atoms with Crippen molar-refractivity contribution >= 4 is 22.6 Å². The number of hydrogen-bond acceptors (Lipinski definition) is 6. The van der Waals surface area contributed by atoms with Crippen molar-refractivity contribution in [1.29, 1.82) is 0 Å². The molecule has 0 aliphatic carbocycles. The quantitative estimate of drug-likeness (QED) is 0.352. The molecule has 1 unspecified atom stereocenters. The topological polar surface area (TPSA) is 89.2 Å². The molecule has 0 bridgehead atoms. The molecule has 0 saturated carbocycles. The van der Waals surface area contributed by atoms with Gasteiger partial charge >= 0.3 is 0 Å². The van der Waals surface area contributed by atoms with E-state index in [1.165, 1.54) is 0 Å². The molecule has 4 aromatic rings. The van der Waals surface area contributed by atoms with Crippen molar-refractivity contribution in [2.75, 3.05) is 38.2 Å². The maximum Gasteiger partial charge on any atom is 0.252 e. The highest BCUT2D eigenvalue weighted by atomic mass is 16.5. The zero-order valence-corrected chi connectivity index (χ0v) is 23.8.